The highest BCUT2D eigenvalue weighted by atomic mass is 32.1. The zero-order valence-corrected chi connectivity index (χ0v) is 24.9. The van der Waals surface area contributed by atoms with Crippen LogP contribution in [0.3, 0.4) is 0 Å². The van der Waals surface area contributed by atoms with Crippen LogP contribution in [-0.2, 0) is 16.1 Å². The van der Waals surface area contributed by atoms with Gasteiger partial charge in [0.15, 0.2) is 6.61 Å². The van der Waals surface area contributed by atoms with E-state index in [1.807, 2.05) is 36.1 Å². The summed E-state index contributed by atoms with van der Waals surface area (Å²) in [5, 5.41) is 3.08. The van der Waals surface area contributed by atoms with Crippen molar-refractivity contribution in [3.8, 4) is 5.75 Å². The number of ether oxygens (including phenoxy) is 2. The first-order chi connectivity index (χ1) is 19.8. The molecule has 0 radical (unpaired) electrons. The van der Waals surface area contributed by atoms with Crippen molar-refractivity contribution in [2.45, 2.75) is 39.8 Å². The quantitative estimate of drug-likeness (QED) is 0.374. The second kappa shape index (κ2) is 14.5. The third-order valence-electron chi connectivity index (χ3n) is 7.52. The zero-order chi connectivity index (χ0) is 29.4. The summed E-state index contributed by atoms with van der Waals surface area (Å²) >= 11 is 5.16. The van der Waals surface area contributed by atoms with Crippen LogP contribution in [-0.4, -0.2) is 91.9 Å². The number of hydrogen-bond donors (Lipinski definition) is 1. The summed E-state index contributed by atoms with van der Waals surface area (Å²) in [4.78, 5) is 33.3. The molecule has 2 fully saturated rings. The molecule has 4 rings (SSSR count). The fourth-order valence-corrected chi connectivity index (χ4v) is 5.02. The maximum absolute atomic E-state index is 15.2. The van der Waals surface area contributed by atoms with Gasteiger partial charge >= 0.3 is 6.09 Å². The van der Waals surface area contributed by atoms with Gasteiger partial charge in [-0.3, -0.25) is 14.6 Å². The van der Waals surface area contributed by atoms with Gasteiger partial charge in [-0.25, -0.2) is 9.18 Å². The molecule has 1 atom stereocenters. The molecule has 41 heavy (non-hydrogen) atoms. The van der Waals surface area contributed by atoms with Crippen molar-refractivity contribution in [2.75, 3.05) is 68.8 Å². The van der Waals surface area contributed by atoms with E-state index in [4.69, 9.17) is 21.7 Å². The van der Waals surface area contributed by atoms with Crippen LogP contribution >= 0.6 is 12.2 Å². The molecule has 2 aliphatic rings. The molecule has 2 aliphatic heterocycles. The molecule has 0 unspecified atom stereocenters. The van der Waals surface area contributed by atoms with Crippen molar-refractivity contribution in [3.05, 3.63) is 53.8 Å². The number of hydrogen-bond acceptors (Lipinski definition) is 7. The van der Waals surface area contributed by atoms with Gasteiger partial charge in [0.05, 0.1) is 29.5 Å². The van der Waals surface area contributed by atoms with Crippen LogP contribution in [0, 0.1) is 5.82 Å². The number of anilines is 2. The van der Waals surface area contributed by atoms with Gasteiger partial charge in [0.2, 0.25) is 0 Å². The molecule has 2 aromatic rings. The molecule has 0 aliphatic carbocycles. The fourth-order valence-electron chi connectivity index (χ4n) is 4.94. The highest BCUT2D eigenvalue weighted by molar-refractivity contribution is 7.80. The summed E-state index contributed by atoms with van der Waals surface area (Å²) in [6.45, 7) is 11.8. The third kappa shape index (κ3) is 8.07. The molecule has 0 spiro atoms. The minimum absolute atomic E-state index is 0.0366. The number of carbonyl (C=O) groups excluding carboxylic acids is 2. The molecule has 2 saturated heterocycles. The number of amides is 2. The molecule has 0 saturated carbocycles. The van der Waals surface area contributed by atoms with Crippen LogP contribution in [0.5, 0.6) is 5.75 Å². The Kier molecular flexibility index (Phi) is 10.8. The second-order valence-electron chi connectivity index (χ2n) is 10.2. The van der Waals surface area contributed by atoms with Gasteiger partial charge in [-0.15, -0.1) is 0 Å². The monoisotopic (exact) mass is 585 g/mol. The standard InChI is InChI=1S/C30H40FN5O4S/c1-4-28(41)32-18-25-20-36(30(38)40-25)23-9-12-27(26(31)17-23)34-13-15-35(16-14-34)29(37)21-39-24-10-7-22(8-11-24)19-33(5-2)6-3/h7-12,17,25H,4-6,13-16,18-21H2,1-3H3,(H,32,41)/t25-/m0/s1. The van der Waals surface area contributed by atoms with E-state index in [0.717, 1.165) is 19.6 Å². The summed E-state index contributed by atoms with van der Waals surface area (Å²) in [6, 6.07) is 12.6. The zero-order valence-electron chi connectivity index (χ0n) is 24.1. The van der Waals surface area contributed by atoms with Crippen molar-refractivity contribution in [1.82, 2.24) is 15.1 Å². The van der Waals surface area contributed by atoms with Gasteiger partial charge < -0.3 is 24.6 Å². The Bertz CT molecular complexity index is 1200. The smallest absolute Gasteiger partial charge is 0.414 e. The molecule has 2 amide bonds. The maximum atomic E-state index is 15.2. The lowest BCUT2D eigenvalue weighted by atomic mass is 10.2. The predicted octanol–water partition coefficient (Wildman–Crippen LogP) is 4.05. The van der Waals surface area contributed by atoms with Crippen LogP contribution in [0.25, 0.3) is 0 Å². The number of piperazine rings is 1. The van der Waals surface area contributed by atoms with Crippen LogP contribution in [0.1, 0.15) is 32.8 Å². The van der Waals surface area contributed by atoms with Gasteiger partial charge in [-0.05, 0) is 55.4 Å². The summed E-state index contributed by atoms with van der Waals surface area (Å²) in [7, 11) is 0. The lowest BCUT2D eigenvalue weighted by Crippen LogP contribution is -2.50. The molecule has 0 aromatic heterocycles. The van der Waals surface area contributed by atoms with E-state index < -0.39 is 11.9 Å². The Morgan fingerprint density at radius 3 is 2.44 bits per heavy atom. The molecule has 2 heterocycles. The molecule has 1 N–H and O–H groups in total. The topological polar surface area (TPSA) is 77.6 Å². The van der Waals surface area contributed by atoms with Gasteiger partial charge in [0.25, 0.3) is 5.91 Å². The highest BCUT2D eigenvalue weighted by Crippen LogP contribution is 2.28. The number of nitrogens with one attached hydrogen (secondary N) is 1. The van der Waals surface area contributed by atoms with E-state index in [1.165, 1.54) is 16.5 Å². The van der Waals surface area contributed by atoms with Gasteiger partial charge in [-0.2, -0.15) is 0 Å². The van der Waals surface area contributed by atoms with Crippen LogP contribution in [0.4, 0.5) is 20.6 Å². The Morgan fingerprint density at radius 1 is 1.10 bits per heavy atom. The minimum atomic E-state index is -0.503. The van der Waals surface area contributed by atoms with E-state index in [-0.39, 0.29) is 18.6 Å². The number of rotatable bonds is 12. The third-order valence-corrected chi connectivity index (χ3v) is 7.96. The predicted molar refractivity (Wildman–Crippen MR) is 162 cm³/mol. The summed E-state index contributed by atoms with van der Waals surface area (Å²) < 4.78 is 26.3. The number of halogens is 1. The summed E-state index contributed by atoms with van der Waals surface area (Å²) in [6.07, 6.45) is -0.147. The minimum Gasteiger partial charge on any atom is -0.484 e. The molecule has 0 bridgehead atoms. The number of nitrogens with zero attached hydrogens (tertiary/aromatic N) is 4. The van der Waals surface area contributed by atoms with Crippen molar-refractivity contribution < 1.29 is 23.5 Å². The van der Waals surface area contributed by atoms with Gasteiger partial charge in [0, 0.05) is 32.7 Å². The van der Waals surface area contributed by atoms with Gasteiger partial charge in [0.1, 0.15) is 17.7 Å². The van der Waals surface area contributed by atoms with Crippen LogP contribution in [0.2, 0.25) is 0 Å². The Labute approximate surface area is 247 Å². The Morgan fingerprint density at radius 2 is 1.80 bits per heavy atom. The summed E-state index contributed by atoms with van der Waals surface area (Å²) in [5.74, 6) is 0.150. The van der Waals surface area contributed by atoms with Crippen LogP contribution < -0.4 is 19.9 Å². The fraction of sp³-hybridized carbons (Fsp3) is 0.500. The number of cyclic esters (lactones) is 1. The highest BCUT2D eigenvalue weighted by Gasteiger charge is 2.33. The lowest BCUT2D eigenvalue weighted by molar-refractivity contribution is -0.133. The molecular weight excluding hydrogens is 545 g/mol. The first kappa shape index (κ1) is 30.5. The SMILES string of the molecule is CCC(=S)NC[C@H]1CN(c2ccc(N3CCN(C(=O)COc4ccc(CN(CC)CC)cc4)CC3)c(F)c2)C(=O)O1. The lowest BCUT2D eigenvalue weighted by Gasteiger charge is -2.36. The molecular formula is C30H40FN5O4S. The largest absolute Gasteiger partial charge is 0.484 e. The average molecular weight is 586 g/mol. The van der Waals surface area contributed by atoms with E-state index in [2.05, 4.69) is 24.1 Å². The van der Waals surface area contributed by atoms with E-state index in [9.17, 15) is 9.59 Å². The first-order valence-corrected chi connectivity index (χ1v) is 14.7. The van der Waals surface area contributed by atoms with Crippen molar-refractivity contribution in [2.24, 2.45) is 0 Å². The van der Waals surface area contributed by atoms with Crippen molar-refractivity contribution >= 4 is 40.6 Å². The first-order valence-electron chi connectivity index (χ1n) is 14.3. The number of carbonyl (C=O) groups is 2. The second-order valence-corrected chi connectivity index (χ2v) is 10.7. The van der Waals surface area contributed by atoms with E-state index >= 15 is 4.39 Å². The van der Waals surface area contributed by atoms with E-state index in [0.29, 0.717) is 67.8 Å². The average Bonchev–Trinajstić information content (AvgIpc) is 3.38. The molecule has 2 aromatic carbocycles. The molecule has 9 nitrogen and oxygen atoms in total. The Balaban J connectivity index is 1.24. The molecule has 222 valence electrons. The van der Waals surface area contributed by atoms with Crippen LogP contribution in [0.15, 0.2) is 42.5 Å². The Hall–Kier alpha value is -3.44. The van der Waals surface area contributed by atoms with Crippen molar-refractivity contribution in [3.63, 3.8) is 0 Å². The van der Waals surface area contributed by atoms with E-state index in [1.54, 1.807) is 17.0 Å². The maximum Gasteiger partial charge on any atom is 0.414 e. The number of benzene rings is 2. The normalized spacial score (nSPS) is 17.1. The summed E-state index contributed by atoms with van der Waals surface area (Å²) in [5.41, 5.74) is 2.10. The van der Waals surface area contributed by atoms with Gasteiger partial charge in [-0.1, -0.05) is 45.1 Å². The number of thiocarbonyl (C=S) groups is 1. The molecule has 11 heteroatoms. The van der Waals surface area contributed by atoms with Crippen molar-refractivity contribution in [1.29, 1.82) is 0 Å².